The van der Waals surface area contributed by atoms with Crippen molar-refractivity contribution in [3.8, 4) is 0 Å². The summed E-state index contributed by atoms with van der Waals surface area (Å²) in [7, 11) is 0. The van der Waals surface area contributed by atoms with Gasteiger partial charge in [-0.05, 0) is 12.1 Å². The molecule has 1 aliphatic rings. The Morgan fingerprint density at radius 3 is 2.80 bits per heavy atom. The molecule has 0 aromatic carbocycles. The van der Waals surface area contributed by atoms with Crippen LogP contribution in [0.1, 0.15) is 10.4 Å². The van der Waals surface area contributed by atoms with Crippen molar-refractivity contribution in [2.45, 2.75) is 0 Å². The van der Waals surface area contributed by atoms with Crippen molar-refractivity contribution in [2.75, 3.05) is 38.6 Å². The van der Waals surface area contributed by atoms with Crippen LogP contribution in [0.15, 0.2) is 30.6 Å². The Balaban J connectivity index is 1.74. The zero-order valence-corrected chi connectivity index (χ0v) is 12.0. The van der Waals surface area contributed by atoms with Crippen LogP contribution in [-0.2, 0) is 0 Å². The monoisotopic (exact) mass is 292 g/mol. The average molecular weight is 293 g/mol. The third-order valence-corrected chi connectivity index (χ3v) is 3.89. The van der Waals surface area contributed by atoms with E-state index in [2.05, 4.69) is 10.00 Å². The van der Waals surface area contributed by atoms with E-state index < -0.39 is 0 Å². The Morgan fingerprint density at radius 2 is 2.05 bits per heavy atom. The fourth-order valence-electron chi connectivity index (χ4n) is 2.56. The van der Waals surface area contributed by atoms with Gasteiger partial charge in [0.1, 0.15) is 0 Å². The minimum atomic E-state index is 0.0664. The van der Waals surface area contributed by atoms with Crippen molar-refractivity contribution in [2.24, 2.45) is 0 Å². The largest absolute Gasteiger partial charge is 0.336 e. The summed E-state index contributed by atoms with van der Waals surface area (Å²) in [6, 6.07) is 5.75. The van der Waals surface area contributed by atoms with Gasteiger partial charge in [-0.15, -0.1) is 11.6 Å². The third kappa shape index (κ3) is 2.51. The highest BCUT2D eigenvalue weighted by Crippen LogP contribution is 2.14. The van der Waals surface area contributed by atoms with Gasteiger partial charge in [0.25, 0.3) is 5.91 Å². The van der Waals surface area contributed by atoms with E-state index in [1.54, 1.807) is 10.7 Å². The SMILES string of the molecule is O=C(c1cnn2ccccc12)N1CCN(CCCl)CC1. The highest BCUT2D eigenvalue weighted by molar-refractivity contribution is 6.18. The first kappa shape index (κ1) is 13.4. The topological polar surface area (TPSA) is 40.9 Å². The van der Waals surface area contributed by atoms with E-state index in [0.717, 1.165) is 38.2 Å². The fourth-order valence-corrected chi connectivity index (χ4v) is 2.80. The number of hydrogen-bond acceptors (Lipinski definition) is 3. The lowest BCUT2D eigenvalue weighted by Gasteiger charge is -2.34. The summed E-state index contributed by atoms with van der Waals surface area (Å²) in [4.78, 5) is 16.7. The van der Waals surface area contributed by atoms with Crippen molar-refractivity contribution in [3.05, 3.63) is 36.2 Å². The Hall–Kier alpha value is -1.59. The lowest BCUT2D eigenvalue weighted by molar-refractivity contribution is 0.0646. The lowest BCUT2D eigenvalue weighted by Crippen LogP contribution is -2.49. The Kier molecular flexibility index (Phi) is 3.89. The second-order valence-electron chi connectivity index (χ2n) is 4.91. The number of amides is 1. The number of aromatic nitrogens is 2. The van der Waals surface area contributed by atoms with Crippen molar-refractivity contribution in [1.29, 1.82) is 0 Å². The Labute approximate surface area is 122 Å². The molecule has 0 unspecified atom stereocenters. The van der Waals surface area contributed by atoms with Crippen LogP contribution < -0.4 is 0 Å². The fraction of sp³-hybridized carbons (Fsp3) is 0.429. The molecular formula is C14H17ClN4O. The summed E-state index contributed by atoms with van der Waals surface area (Å²) in [6.45, 7) is 4.16. The van der Waals surface area contributed by atoms with Gasteiger partial charge in [0.15, 0.2) is 0 Å². The molecule has 1 aliphatic heterocycles. The molecule has 2 aromatic heterocycles. The molecule has 2 aromatic rings. The van der Waals surface area contributed by atoms with E-state index >= 15 is 0 Å². The number of halogens is 1. The van der Waals surface area contributed by atoms with Crippen LogP contribution in [0.3, 0.4) is 0 Å². The quantitative estimate of drug-likeness (QED) is 0.802. The van der Waals surface area contributed by atoms with Gasteiger partial charge in [-0.1, -0.05) is 6.07 Å². The number of carbonyl (C=O) groups excluding carboxylic acids is 1. The Morgan fingerprint density at radius 1 is 1.25 bits per heavy atom. The molecule has 0 spiro atoms. The molecule has 0 aliphatic carbocycles. The molecule has 5 nitrogen and oxygen atoms in total. The van der Waals surface area contributed by atoms with Gasteiger partial charge >= 0.3 is 0 Å². The molecule has 1 saturated heterocycles. The minimum absolute atomic E-state index is 0.0664. The van der Waals surface area contributed by atoms with E-state index in [0.29, 0.717) is 11.4 Å². The van der Waals surface area contributed by atoms with E-state index in [1.165, 1.54) is 0 Å². The van der Waals surface area contributed by atoms with Gasteiger partial charge in [-0.2, -0.15) is 5.10 Å². The normalized spacial score (nSPS) is 16.8. The number of hydrogen-bond donors (Lipinski definition) is 0. The summed E-state index contributed by atoms with van der Waals surface area (Å²) in [5.74, 6) is 0.707. The molecule has 0 saturated carbocycles. The molecule has 20 heavy (non-hydrogen) atoms. The molecule has 1 fully saturated rings. The van der Waals surface area contributed by atoms with Gasteiger partial charge in [0.2, 0.25) is 0 Å². The first-order valence-electron chi connectivity index (χ1n) is 6.79. The average Bonchev–Trinajstić information content (AvgIpc) is 2.92. The predicted octanol–water partition coefficient (Wildman–Crippen LogP) is 1.33. The summed E-state index contributed by atoms with van der Waals surface area (Å²) in [5.41, 5.74) is 1.54. The molecule has 6 heteroatoms. The van der Waals surface area contributed by atoms with Crippen LogP contribution in [-0.4, -0.2) is 63.9 Å². The van der Waals surface area contributed by atoms with Crippen LogP contribution in [0.4, 0.5) is 0 Å². The number of carbonyl (C=O) groups is 1. The van der Waals surface area contributed by atoms with Gasteiger partial charge in [-0.3, -0.25) is 9.69 Å². The standard InChI is InChI=1S/C14H17ClN4O/c15-4-6-17-7-9-18(10-8-17)14(20)12-11-16-19-5-2-1-3-13(12)19/h1-3,5,11H,4,6-10H2. The van der Waals surface area contributed by atoms with Crippen LogP contribution in [0, 0.1) is 0 Å². The third-order valence-electron chi connectivity index (χ3n) is 3.72. The summed E-state index contributed by atoms with van der Waals surface area (Å²) < 4.78 is 1.73. The van der Waals surface area contributed by atoms with Gasteiger partial charge in [0.05, 0.1) is 17.3 Å². The van der Waals surface area contributed by atoms with Crippen LogP contribution in [0.5, 0.6) is 0 Å². The molecule has 106 valence electrons. The summed E-state index contributed by atoms with van der Waals surface area (Å²) in [6.07, 6.45) is 3.51. The first-order valence-corrected chi connectivity index (χ1v) is 7.33. The Bertz CT molecular complexity index is 604. The predicted molar refractivity (Wildman–Crippen MR) is 78.3 cm³/mol. The van der Waals surface area contributed by atoms with Crippen molar-refractivity contribution in [3.63, 3.8) is 0 Å². The number of fused-ring (bicyclic) bond motifs is 1. The zero-order chi connectivity index (χ0) is 13.9. The second-order valence-corrected chi connectivity index (χ2v) is 5.29. The molecule has 0 atom stereocenters. The maximum Gasteiger partial charge on any atom is 0.257 e. The van der Waals surface area contributed by atoms with E-state index in [1.807, 2.05) is 29.3 Å². The second kappa shape index (κ2) is 5.81. The van der Waals surface area contributed by atoms with Gasteiger partial charge < -0.3 is 4.90 Å². The number of pyridine rings is 1. The highest BCUT2D eigenvalue weighted by atomic mass is 35.5. The molecule has 3 rings (SSSR count). The first-order chi connectivity index (χ1) is 9.79. The van der Waals surface area contributed by atoms with Crippen LogP contribution >= 0.6 is 11.6 Å². The van der Waals surface area contributed by atoms with E-state index in [9.17, 15) is 4.79 Å². The number of nitrogens with zero attached hydrogens (tertiary/aromatic N) is 4. The van der Waals surface area contributed by atoms with Gasteiger partial charge in [-0.25, -0.2) is 4.52 Å². The highest BCUT2D eigenvalue weighted by Gasteiger charge is 2.23. The van der Waals surface area contributed by atoms with E-state index in [4.69, 9.17) is 11.6 Å². The van der Waals surface area contributed by atoms with Gasteiger partial charge in [0, 0.05) is 44.8 Å². The van der Waals surface area contributed by atoms with Crippen molar-refractivity contribution < 1.29 is 4.79 Å². The van der Waals surface area contributed by atoms with E-state index in [-0.39, 0.29) is 5.91 Å². The van der Waals surface area contributed by atoms with Crippen LogP contribution in [0.25, 0.3) is 5.52 Å². The smallest absolute Gasteiger partial charge is 0.257 e. The van der Waals surface area contributed by atoms with Crippen molar-refractivity contribution in [1.82, 2.24) is 19.4 Å². The minimum Gasteiger partial charge on any atom is -0.336 e. The van der Waals surface area contributed by atoms with Crippen molar-refractivity contribution >= 4 is 23.0 Å². The molecule has 0 N–H and O–H groups in total. The number of piperazine rings is 1. The lowest BCUT2D eigenvalue weighted by atomic mass is 10.2. The number of rotatable bonds is 3. The molecule has 0 bridgehead atoms. The maximum absolute atomic E-state index is 12.6. The molecule has 1 amide bonds. The summed E-state index contributed by atoms with van der Waals surface area (Å²) >= 11 is 5.75. The molecule has 3 heterocycles. The maximum atomic E-state index is 12.6. The van der Waals surface area contributed by atoms with Crippen LogP contribution in [0.2, 0.25) is 0 Å². The summed E-state index contributed by atoms with van der Waals surface area (Å²) in [5, 5.41) is 4.22. The molecular weight excluding hydrogens is 276 g/mol. The molecule has 0 radical (unpaired) electrons. The zero-order valence-electron chi connectivity index (χ0n) is 11.2. The number of alkyl halides is 1.